The second-order valence-corrected chi connectivity index (χ2v) is 31.7. The molecule has 0 bridgehead atoms. The zero-order valence-corrected chi connectivity index (χ0v) is 71.2. The molecular weight excluding hydrogens is 1550 g/mol. The van der Waals surface area contributed by atoms with Gasteiger partial charge in [-0.2, -0.15) is 30.6 Å². The standard InChI is InChI=1S/C23H23N3.C20H22N6.C19H14N6.C19H20N6.C19H18N4/c1-15-8-10-19(17-5-2-3-6-17)20-13-16(9-11-18(15)20)14-22-23-21(25-26-22)7-4-12-24-23;1-3-4-12-26(2)20-16-8-7-15(13-14(16)9-11-22-20)23-19-18-17(24-25-19)6-5-10-21-18;1-4-13-12-14(22-19-18-16(23-24-19)5-2-9-20-18)7-8-15(13)17(6-1)25-11-3-10-21-25;1-3-25(4-2)19-15-8-7-14(12-13(15)9-11-21-19)22-18-17-16(23-24-18)6-5-10-20-17;1-11-12(2)21-13(3)15-7-6-14(9-16(11)15)10-18-19-17(22-23-18)5-4-8-20-19/h4,7-13,17H,2-3,5-6,14H2,1H3,(H,25,26);5-11,13H,3-4,12H2,1-2H3,(H2,23,24,25);1-12H,(H2,22,23,24);5-12H,3-4H2,1-2H3,(H2,22,23,24);4-9H,10H2,1-3H3,(H,22,23). The molecule has 0 aliphatic heterocycles. The highest BCUT2D eigenvalue weighted by atomic mass is 15.3. The summed E-state index contributed by atoms with van der Waals surface area (Å²) in [5, 5.41) is 63.6. The second kappa shape index (κ2) is 36.5. The zero-order valence-electron chi connectivity index (χ0n) is 71.2. The second-order valence-electron chi connectivity index (χ2n) is 31.7. The predicted molar refractivity (Wildman–Crippen MR) is 507 cm³/mol. The number of anilines is 8. The largest absolute Gasteiger partial charge is 0.359 e. The highest BCUT2D eigenvalue weighted by Crippen LogP contribution is 2.40. The van der Waals surface area contributed by atoms with Gasteiger partial charge in [-0.05, 0) is 260 Å². The first-order chi connectivity index (χ1) is 61.4. The third kappa shape index (κ3) is 17.4. The van der Waals surface area contributed by atoms with Crippen molar-refractivity contribution in [1.29, 1.82) is 0 Å². The van der Waals surface area contributed by atoms with Crippen molar-refractivity contribution in [3.63, 3.8) is 0 Å². The van der Waals surface area contributed by atoms with Crippen LogP contribution in [0.5, 0.6) is 0 Å². The van der Waals surface area contributed by atoms with Crippen LogP contribution >= 0.6 is 0 Å². The molecule has 0 unspecified atom stereocenters. The van der Waals surface area contributed by atoms with Crippen LogP contribution in [0.15, 0.2) is 256 Å². The Labute approximate surface area is 722 Å². The van der Waals surface area contributed by atoms with Crippen LogP contribution < -0.4 is 25.8 Å². The molecule has 125 heavy (non-hydrogen) atoms. The van der Waals surface area contributed by atoms with Gasteiger partial charge < -0.3 is 25.8 Å². The summed E-state index contributed by atoms with van der Waals surface area (Å²) in [6.07, 6.45) is 25.8. The Bertz CT molecular complexity index is 7370. The number of aromatic nitrogens is 20. The number of H-pyrrole nitrogens is 5. The van der Waals surface area contributed by atoms with Gasteiger partial charge in [-0.1, -0.05) is 92.9 Å². The number of benzene rings is 7. The fourth-order valence-electron chi connectivity index (χ4n) is 16.9. The fourth-order valence-corrected chi connectivity index (χ4v) is 16.9. The van der Waals surface area contributed by atoms with E-state index in [1.807, 2.05) is 127 Å². The van der Waals surface area contributed by atoms with Crippen LogP contribution in [0.2, 0.25) is 0 Å². The molecule has 14 heterocycles. The highest BCUT2D eigenvalue weighted by Gasteiger charge is 2.22. The first kappa shape index (κ1) is 80.6. The van der Waals surface area contributed by atoms with E-state index < -0.39 is 0 Å². The summed E-state index contributed by atoms with van der Waals surface area (Å²) >= 11 is 0. The molecule has 0 spiro atoms. The monoisotopic (exact) mass is 1650 g/mol. The summed E-state index contributed by atoms with van der Waals surface area (Å²) < 4.78 is 1.88. The van der Waals surface area contributed by atoms with Gasteiger partial charge in [-0.15, -0.1) is 0 Å². The van der Waals surface area contributed by atoms with Crippen molar-refractivity contribution < 1.29 is 0 Å². The molecule has 25 heteroatoms. The van der Waals surface area contributed by atoms with E-state index in [1.165, 1.54) is 81.5 Å². The molecule has 7 aromatic carbocycles. The Hall–Kier alpha value is -15.4. The number of aromatic amines is 5. The molecule has 0 saturated heterocycles. The van der Waals surface area contributed by atoms with Gasteiger partial charge in [-0.3, -0.25) is 55.4 Å². The third-order valence-electron chi connectivity index (χ3n) is 23.5. The van der Waals surface area contributed by atoms with Crippen molar-refractivity contribution in [2.24, 2.45) is 0 Å². The number of aryl methyl sites for hydroxylation is 4. The van der Waals surface area contributed by atoms with E-state index in [0.29, 0.717) is 0 Å². The van der Waals surface area contributed by atoms with Gasteiger partial charge in [0.25, 0.3) is 0 Å². The number of hydrogen-bond acceptors (Lipinski definition) is 19. The van der Waals surface area contributed by atoms with Gasteiger partial charge in [0.2, 0.25) is 0 Å². The number of nitrogens with one attached hydrogen (secondary N) is 8. The van der Waals surface area contributed by atoms with E-state index in [2.05, 4.69) is 286 Å². The van der Waals surface area contributed by atoms with E-state index in [-0.39, 0.29) is 0 Å². The molecule has 22 rings (SSSR count). The Morgan fingerprint density at radius 1 is 0.408 bits per heavy atom. The van der Waals surface area contributed by atoms with Crippen LogP contribution in [0.1, 0.15) is 116 Å². The minimum Gasteiger partial charge on any atom is -0.359 e. The minimum absolute atomic E-state index is 0.721. The summed E-state index contributed by atoms with van der Waals surface area (Å²) in [7, 11) is 2.10. The first-order valence-corrected chi connectivity index (χ1v) is 42.8. The van der Waals surface area contributed by atoms with Gasteiger partial charge in [0, 0.05) is 145 Å². The summed E-state index contributed by atoms with van der Waals surface area (Å²) in [4.78, 5) is 40.4. The third-order valence-corrected chi connectivity index (χ3v) is 23.5. The Morgan fingerprint density at radius 2 is 0.904 bits per heavy atom. The van der Waals surface area contributed by atoms with Crippen molar-refractivity contribution in [3.05, 3.63) is 307 Å². The van der Waals surface area contributed by atoms with E-state index in [1.54, 1.807) is 24.8 Å². The Balaban J connectivity index is 0.000000106. The number of pyridine rings is 8. The normalized spacial score (nSPS) is 12.1. The lowest BCUT2D eigenvalue weighted by molar-refractivity contribution is 0.729. The number of unbranched alkanes of at least 4 members (excludes halogenated alkanes) is 1. The SMILES string of the molecule is CCCCN(C)c1nccc2cc(Nc3n[nH]c4cccnc34)ccc12.CCN(CC)c1nccc2cc(Nc3n[nH]c4cccnc34)ccc12.Cc1ccc(C2CCCC2)c2cc(Cc3[nH]nc4cccnc34)ccc12.Cc1nc(C)c2ccc(Cc3[nH]nc4cccnc34)cc2c1C.c1cc(-n2cccn2)c2ccc(Nc3n[nH]c4cccnc34)cc2c1. The van der Waals surface area contributed by atoms with Crippen LogP contribution in [0.3, 0.4) is 0 Å². The smallest absolute Gasteiger partial charge is 0.178 e. The van der Waals surface area contributed by atoms with Crippen LogP contribution in [0, 0.1) is 27.7 Å². The molecule has 0 amide bonds. The summed E-state index contributed by atoms with van der Waals surface area (Å²) in [6, 6.07) is 68.6. The lowest BCUT2D eigenvalue weighted by atomic mass is 9.89. The molecule has 14 aromatic heterocycles. The van der Waals surface area contributed by atoms with Crippen molar-refractivity contribution in [3.8, 4) is 5.69 Å². The maximum Gasteiger partial charge on any atom is 0.178 e. The predicted octanol–water partition coefficient (Wildman–Crippen LogP) is 22.3. The van der Waals surface area contributed by atoms with E-state index in [4.69, 9.17) is 0 Å². The quantitative estimate of drug-likeness (QED) is 0.0373. The summed E-state index contributed by atoms with van der Waals surface area (Å²) in [5.41, 5.74) is 24.0. The number of nitrogens with zero attached hydrogens (tertiary/aromatic N) is 17. The number of rotatable bonds is 19. The fraction of sp³-hybridized carbons (Fsp3) is 0.200. The highest BCUT2D eigenvalue weighted by molar-refractivity contribution is 5.99. The molecule has 8 N–H and O–H groups in total. The van der Waals surface area contributed by atoms with Gasteiger partial charge in [0.05, 0.1) is 33.6 Å². The minimum atomic E-state index is 0.721. The molecule has 25 nitrogen and oxygen atoms in total. The molecule has 1 aliphatic rings. The van der Waals surface area contributed by atoms with Crippen LogP contribution in [-0.2, 0) is 12.8 Å². The molecule has 622 valence electrons. The average molecular weight is 1650 g/mol. The van der Waals surface area contributed by atoms with Gasteiger partial charge in [-0.25, -0.2) is 14.6 Å². The maximum absolute atomic E-state index is 4.62. The molecule has 0 atom stereocenters. The van der Waals surface area contributed by atoms with Gasteiger partial charge in [0.15, 0.2) is 17.5 Å². The molecule has 1 fully saturated rings. The van der Waals surface area contributed by atoms with E-state index in [0.717, 1.165) is 207 Å². The number of hydrogen-bond donors (Lipinski definition) is 8. The van der Waals surface area contributed by atoms with E-state index in [9.17, 15) is 0 Å². The van der Waals surface area contributed by atoms with Crippen LogP contribution in [0.4, 0.5) is 46.2 Å². The van der Waals surface area contributed by atoms with Crippen molar-refractivity contribution in [1.82, 2.24) is 101 Å². The van der Waals surface area contributed by atoms with Crippen LogP contribution in [0.25, 0.3) is 115 Å². The van der Waals surface area contributed by atoms with Gasteiger partial charge >= 0.3 is 0 Å². The van der Waals surface area contributed by atoms with Crippen molar-refractivity contribution >= 4 is 155 Å². The summed E-state index contributed by atoms with van der Waals surface area (Å²) in [6.45, 7) is 17.9. The van der Waals surface area contributed by atoms with Gasteiger partial charge in [0.1, 0.15) is 50.3 Å². The molecule has 21 aromatic rings. The average Bonchev–Trinajstić information content (AvgIpc) is 1.36. The molecule has 1 saturated carbocycles. The zero-order chi connectivity index (χ0) is 85.3. The lowest BCUT2D eigenvalue weighted by Crippen LogP contribution is -2.23. The Morgan fingerprint density at radius 3 is 1.44 bits per heavy atom. The molecular formula is C100H97N25. The maximum atomic E-state index is 4.62. The Kier molecular flexibility index (Phi) is 23.6. The molecule has 1 aliphatic carbocycles. The summed E-state index contributed by atoms with van der Waals surface area (Å²) in [5.74, 6) is 4.96. The number of fused-ring (bicyclic) bond motifs is 10. The topological polar surface area (TPSA) is 307 Å². The van der Waals surface area contributed by atoms with Crippen molar-refractivity contribution in [2.45, 2.75) is 106 Å². The van der Waals surface area contributed by atoms with Crippen molar-refractivity contribution in [2.75, 3.05) is 52.4 Å². The lowest BCUT2D eigenvalue weighted by Gasteiger charge is -2.21. The van der Waals surface area contributed by atoms with E-state index >= 15 is 0 Å². The van der Waals surface area contributed by atoms with Crippen LogP contribution in [-0.4, -0.2) is 127 Å². The molecule has 0 radical (unpaired) electrons. The first-order valence-electron chi connectivity index (χ1n) is 42.8.